The topological polar surface area (TPSA) is 78.9 Å². The molecule has 6 nitrogen and oxygen atoms in total. The molecular formula is C66H124O6. The summed E-state index contributed by atoms with van der Waals surface area (Å²) in [5.74, 6) is -0.864. The fourth-order valence-electron chi connectivity index (χ4n) is 9.83. The predicted octanol–water partition coefficient (Wildman–Crippen LogP) is 21.8. The van der Waals surface area contributed by atoms with Crippen molar-refractivity contribution in [3.8, 4) is 0 Å². The van der Waals surface area contributed by atoms with Crippen molar-refractivity contribution in [2.75, 3.05) is 13.2 Å². The van der Waals surface area contributed by atoms with E-state index in [0.717, 1.165) is 77.0 Å². The van der Waals surface area contributed by atoms with Crippen LogP contribution >= 0.6 is 0 Å². The monoisotopic (exact) mass is 1010 g/mol. The van der Waals surface area contributed by atoms with Crippen LogP contribution in [0, 0.1) is 0 Å². The van der Waals surface area contributed by atoms with Crippen molar-refractivity contribution in [3.05, 3.63) is 24.3 Å². The maximum absolute atomic E-state index is 12.8. The van der Waals surface area contributed by atoms with Gasteiger partial charge in [-0.1, -0.05) is 315 Å². The molecule has 6 heteroatoms. The molecule has 0 aliphatic carbocycles. The van der Waals surface area contributed by atoms with Gasteiger partial charge >= 0.3 is 17.9 Å². The molecule has 0 saturated carbocycles. The lowest BCUT2D eigenvalue weighted by Gasteiger charge is -2.18. The van der Waals surface area contributed by atoms with E-state index in [1.165, 1.54) is 244 Å². The van der Waals surface area contributed by atoms with Gasteiger partial charge in [0.15, 0.2) is 6.10 Å². The number of ether oxygens (including phenoxy) is 3. The molecule has 0 aliphatic rings. The Morgan fingerprint density at radius 1 is 0.278 bits per heavy atom. The standard InChI is InChI=1S/C66H124O6/c1-4-7-10-13-16-19-22-24-26-27-28-29-30-31-32-33-34-35-36-37-38-39-41-42-44-47-50-53-56-59-65(68)71-62-63(61-70-64(67)58-55-52-49-46-21-18-15-12-9-6-3)72-66(69)60-57-54-51-48-45-43-40-25-23-20-17-14-11-8-5-2/h17,20,25,40,63H,4-16,18-19,21-24,26-39,41-62H2,1-3H3/b20-17-,40-25-. The average Bonchev–Trinajstić information content (AvgIpc) is 3.38. The third-order valence-corrected chi connectivity index (χ3v) is 14.7. The Labute approximate surface area is 449 Å². The highest BCUT2D eigenvalue weighted by atomic mass is 16.6. The first kappa shape index (κ1) is 69.9. The van der Waals surface area contributed by atoms with Crippen molar-refractivity contribution >= 4 is 17.9 Å². The molecule has 0 radical (unpaired) electrons. The molecule has 0 fully saturated rings. The lowest BCUT2D eigenvalue weighted by atomic mass is 10.0. The highest BCUT2D eigenvalue weighted by molar-refractivity contribution is 5.71. The van der Waals surface area contributed by atoms with Gasteiger partial charge in [0, 0.05) is 19.3 Å². The summed E-state index contributed by atoms with van der Waals surface area (Å²) in [7, 11) is 0. The van der Waals surface area contributed by atoms with Crippen LogP contribution in [0.25, 0.3) is 0 Å². The number of hydrogen-bond acceptors (Lipinski definition) is 6. The Balaban J connectivity index is 4.08. The number of carbonyl (C=O) groups excluding carboxylic acids is 3. The Morgan fingerprint density at radius 3 is 0.792 bits per heavy atom. The minimum Gasteiger partial charge on any atom is -0.462 e. The zero-order valence-corrected chi connectivity index (χ0v) is 48.7. The molecule has 0 saturated heterocycles. The van der Waals surface area contributed by atoms with E-state index in [-0.39, 0.29) is 31.1 Å². The predicted molar refractivity (Wildman–Crippen MR) is 312 cm³/mol. The second kappa shape index (κ2) is 61.4. The molecule has 0 aliphatic heterocycles. The van der Waals surface area contributed by atoms with Gasteiger partial charge in [-0.25, -0.2) is 0 Å². The number of esters is 3. The van der Waals surface area contributed by atoms with Crippen LogP contribution in [-0.4, -0.2) is 37.2 Å². The maximum Gasteiger partial charge on any atom is 0.306 e. The van der Waals surface area contributed by atoms with Gasteiger partial charge in [-0.3, -0.25) is 14.4 Å². The first-order valence-electron chi connectivity index (χ1n) is 32.3. The summed E-state index contributed by atoms with van der Waals surface area (Å²) in [5.41, 5.74) is 0. The minimum atomic E-state index is -0.773. The summed E-state index contributed by atoms with van der Waals surface area (Å²) in [6, 6.07) is 0. The normalized spacial score (nSPS) is 12.1. The molecule has 0 amide bonds. The molecule has 0 rings (SSSR count). The first-order chi connectivity index (χ1) is 35.5. The molecule has 0 aromatic carbocycles. The molecule has 0 N–H and O–H groups in total. The lowest BCUT2D eigenvalue weighted by molar-refractivity contribution is -0.167. The van der Waals surface area contributed by atoms with Crippen molar-refractivity contribution < 1.29 is 28.6 Å². The Hall–Kier alpha value is -2.11. The van der Waals surface area contributed by atoms with E-state index < -0.39 is 6.10 Å². The van der Waals surface area contributed by atoms with Crippen molar-refractivity contribution in [2.24, 2.45) is 0 Å². The van der Waals surface area contributed by atoms with Gasteiger partial charge in [0.05, 0.1) is 0 Å². The van der Waals surface area contributed by atoms with Crippen LogP contribution in [0.1, 0.15) is 361 Å². The summed E-state index contributed by atoms with van der Waals surface area (Å²) in [4.78, 5) is 38.1. The first-order valence-corrected chi connectivity index (χ1v) is 32.3. The number of allylic oxidation sites excluding steroid dienone is 4. The van der Waals surface area contributed by atoms with Crippen LogP contribution < -0.4 is 0 Å². The van der Waals surface area contributed by atoms with Gasteiger partial charge in [-0.15, -0.1) is 0 Å². The van der Waals surface area contributed by atoms with E-state index in [4.69, 9.17) is 14.2 Å². The summed E-state index contributed by atoms with van der Waals surface area (Å²) in [6.07, 6.45) is 73.5. The highest BCUT2D eigenvalue weighted by Gasteiger charge is 2.19. The molecule has 0 aromatic heterocycles. The maximum atomic E-state index is 12.8. The minimum absolute atomic E-state index is 0.0716. The van der Waals surface area contributed by atoms with E-state index in [1.54, 1.807) is 0 Å². The van der Waals surface area contributed by atoms with Crippen LogP contribution in [0.5, 0.6) is 0 Å². The molecule has 1 atom stereocenters. The second-order valence-electron chi connectivity index (χ2n) is 22.0. The molecule has 1 unspecified atom stereocenters. The van der Waals surface area contributed by atoms with E-state index in [2.05, 4.69) is 45.1 Å². The number of unbranched alkanes of at least 4 members (excludes halogenated alkanes) is 45. The van der Waals surface area contributed by atoms with E-state index in [1.807, 2.05) is 0 Å². The fraction of sp³-hybridized carbons (Fsp3) is 0.894. The summed E-state index contributed by atoms with van der Waals surface area (Å²) < 4.78 is 16.9. The van der Waals surface area contributed by atoms with Gasteiger partial charge in [-0.05, 0) is 51.4 Å². The molecule has 424 valence electrons. The average molecular weight is 1010 g/mol. The van der Waals surface area contributed by atoms with Gasteiger partial charge in [-0.2, -0.15) is 0 Å². The third kappa shape index (κ3) is 58.8. The van der Waals surface area contributed by atoms with Crippen LogP contribution in [0.15, 0.2) is 24.3 Å². The smallest absolute Gasteiger partial charge is 0.306 e. The Kier molecular flexibility index (Phi) is 59.6. The van der Waals surface area contributed by atoms with Crippen molar-refractivity contribution in [3.63, 3.8) is 0 Å². The van der Waals surface area contributed by atoms with Crippen molar-refractivity contribution in [1.29, 1.82) is 0 Å². The summed E-state index contributed by atoms with van der Waals surface area (Å²) in [6.45, 7) is 6.65. The Morgan fingerprint density at radius 2 is 0.500 bits per heavy atom. The molecule has 0 heterocycles. The lowest BCUT2D eigenvalue weighted by Crippen LogP contribution is -2.30. The summed E-state index contributed by atoms with van der Waals surface area (Å²) in [5, 5.41) is 0. The zero-order valence-electron chi connectivity index (χ0n) is 48.7. The molecule has 0 spiro atoms. The third-order valence-electron chi connectivity index (χ3n) is 14.7. The molecular weight excluding hydrogens is 889 g/mol. The highest BCUT2D eigenvalue weighted by Crippen LogP contribution is 2.18. The zero-order chi connectivity index (χ0) is 52.2. The molecule has 0 aromatic rings. The van der Waals surface area contributed by atoms with Gasteiger partial charge in [0.2, 0.25) is 0 Å². The number of rotatable bonds is 60. The summed E-state index contributed by atoms with van der Waals surface area (Å²) >= 11 is 0. The van der Waals surface area contributed by atoms with E-state index in [9.17, 15) is 14.4 Å². The van der Waals surface area contributed by atoms with E-state index in [0.29, 0.717) is 19.3 Å². The van der Waals surface area contributed by atoms with Gasteiger partial charge in [0.1, 0.15) is 13.2 Å². The second-order valence-corrected chi connectivity index (χ2v) is 22.0. The van der Waals surface area contributed by atoms with Crippen LogP contribution in [0.2, 0.25) is 0 Å². The van der Waals surface area contributed by atoms with Gasteiger partial charge < -0.3 is 14.2 Å². The SMILES string of the molecule is CCCCC/C=C\C/C=C\CCCCCCCC(=O)OC(COC(=O)CCCCCCCCCCCC)COC(=O)CCCCCCCCCCCCCCCCCCCCCCCCCCCCCCC. The van der Waals surface area contributed by atoms with Crippen LogP contribution in [0.3, 0.4) is 0 Å². The number of carbonyl (C=O) groups is 3. The van der Waals surface area contributed by atoms with E-state index >= 15 is 0 Å². The fourth-order valence-corrected chi connectivity index (χ4v) is 9.83. The van der Waals surface area contributed by atoms with Crippen molar-refractivity contribution in [2.45, 2.75) is 367 Å². The molecule has 72 heavy (non-hydrogen) atoms. The van der Waals surface area contributed by atoms with Crippen LogP contribution in [-0.2, 0) is 28.6 Å². The Bertz CT molecular complexity index is 1160. The molecule has 0 bridgehead atoms. The van der Waals surface area contributed by atoms with Crippen LogP contribution in [0.4, 0.5) is 0 Å². The number of hydrogen-bond donors (Lipinski definition) is 0. The quantitative estimate of drug-likeness (QED) is 0.0261. The van der Waals surface area contributed by atoms with Gasteiger partial charge in [0.25, 0.3) is 0 Å². The largest absolute Gasteiger partial charge is 0.462 e. The van der Waals surface area contributed by atoms with Crippen molar-refractivity contribution in [1.82, 2.24) is 0 Å².